The summed E-state index contributed by atoms with van der Waals surface area (Å²) >= 11 is 7.65. The number of alkyl halides is 2. The topological polar surface area (TPSA) is 79.3 Å². The number of benzene rings is 3. The van der Waals surface area contributed by atoms with E-state index >= 15 is 0 Å². The molecule has 4 aromatic rings. The Morgan fingerprint density at radius 3 is 2.72 bits per heavy atom. The summed E-state index contributed by atoms with van der Waals surface area (Å²) < 4.78 is 56.1. The van der Waals surface area contributed by atoms with Gasteiger partial charge in [-0.05, 0) is 42.5 Å². The van der Waals surface area contributed by atoms with Gasteiger partial charge in [0.15, 0.2) is 0 Å². The maximum Gasteiger partial charge on any atom is 0.327 e. The van der Waals surface area contributed by atoms with Crippen LogP contribution in [0.4, 0.5) is 33.7 Å². The fourth-order valence-electron chi connectivity index (χ4n) is 5.04. The third-order valence-corrected chi connectivity index (χ3v) is 8.12. The van der Waals surface area contributed by atoms with E-state index in [4.69, 9.17) is 11.6 Å². The molecule has 0 radical (unpaired) electrons. The van der Waals surface area contributed by atoms with Crippen LogP contribution in [0.25, 0.3) is 10.9 Å². The van der Waals surface area contributed by atoms with Crippen molar-refractivity contribution in [2.24, 2.45) is 7.05 Å². The number of urea groups is 1. The Bertz CT molecular complexity index is 1700. The molecule has 0 saturated carbocycles. The van der Waals surface area contributed by atoms with Crippen molar-refractivity contribution in [2.75, 3.05) is 16.1 Å². The number of carbonyl (C=O) groups is 2. The minimum atomic E-state index is -2.68. The number of nitrogens with zero attached hydrogens (tertiary/aromatic N) is 3. The van der Waals surface area contributed by atoms with Gasteiger partial charge in [-0.2, -0.15) is 5.10 Å². The SMILES string of the molecule is Cn1nc2c3c(c(NC(=O)N4CSc5cc(F)ccc54)cc2c1CC(F)F)C(c1cc(F)ccc1Cl)NC3=O. The van der Waals surface area contributed by atoms with Gasteiger partial charge in [0.1, 0.15) is 17.2 Å². The average Bonchev–Trinajstić information content (AvgIpc) is 3.54. The maximum absolute atomic E-state index is 14.2. The second-order valence-electron chi connectivity index (χ2n) is 9.09. The summed E-state index contributed by atoms with van der Waals surface area (Å²) in [7, 11) is 1.49. The highest BCUT2D eigenvalue weighted by molar-refractivity contribution is 8.00. The van der Waals surface area contributed by atoms with E-state index in [2.05, 4.69) is 15.7 Å². The molecule has 1 atom stereocenters. The zero-order valence-corrected chi connectivity index (χ0v) is 21.6. The monoisotopic (exact) mass is 575 g/mol. The summed E-state index contributed by atoms with van der Waals surface area (Å²) in [6, 6.07) is 7.72. The highest BCUT2D eigenvalue weighted by atomic mass is 35.5. The second kappa shape index (κ2) is 9.45. The number of aromatic nitrogens is 2. The average molecular weight is 576 g/mol. The zero-order chi connectivity index (χ0) is 27.6. The van der Waals surface area contributed by atoms with Crippen LogP contribution in [-0.2, 0) is 13.5 Å². The predicted octanol–water partition coefficient (Wildman–Crippen LogP) is 6.25. The third kappa shape index (κ3) is 4.27. The molecule has 1 aromatic heterocycles. The van der Waals surface area contributed by atoms with E-state index in [-0.39, 0.29) is 49.9 Å². The van der Waals surface area contributed by atoms with Gasteiger partial charge in [0, 0.05) is 39.2 Å². The molecule has 6 rings (SSSR count). The Morgan fingerprint density at radius 2 is 1.95 bits per heavy atom. The summed E-state index contributed by atoms with van der Waals surface area (Å²) in [6.45, 7) is 0. The van der Waals surface area contributed by atoms with Crippen LogP contribution >= 0.6 is 23.4 Å². The van der Waals surface area contributed by atoms with Gasteiger partial charge in [-0.1, -0.05) is 11.6 Å². The number of halogens is 5. The molecule has 0 saturated heterocycles. The second-order valence-corrected chi connectivity index (χ2v) is 10.5. The van der Waals surface area contributed by atoms with Crippen LogP contribution in [-0.4, -0.2) is 34.0 Å². The maximum atomic E-state index is 14.2. The Hall–Kier alpha value is -3.77. The first-order valence-electron chi connectivity index (χ1n) is 11.7. The minimum absolute atomic E-state index is 0.0718. The number of aryl methyl sites for hydroxylation is 1. The smallest absolute Gasteiger partial charge is 0.327 e. The molecule has 200 valence electrons. The number of hydrogen-bond donors (Lipinski definition) is 2. The largest absolute Gasteiger partial charge is 0.341 e. The van der Waals surface area contributed by atoms with Crippen LogP contribution in [0.1, 0.15) is 33.2 Å². The van der Waals surface area contributed by atoms with Gasteiger partial charge in [0.05, 0.1) is 35.3 Å². The Balaban J connectivity index is 1.52. The number of thioether (sulfide) groups is 1. The first-order valence-corrected chi connectivity index (χ1v) is 13.1. The highest BCUT2D eigenvalue weighted by Crippen LogP contribution is 2.44. The van der Waals surface area contributed by atoms with Gasteiger partial charge in [-0.3, -0.25) is 14.4 Å². The van der Waals surface area contributed by atoms with Crippen LogP contribution in [0.2, 0.25) is 5.02 Å². The fraction of sp³-hybridized carbons (Fsp3) is 0.192. The van der Waals surface area contributed by atoms with Gasteiger partial charge in [-0.25, -0.2) is 22.4 Å². The number of nitrogens with one attached hydrogen (secondary N) is 2. The molecule has 2 aliphatic rings. The van der Waals surface area contributed by atoms with Crippen LogP contribution in [0.5, 0.6) is 0 Å². The standard InChI is InChI=1S/C26H18ClF4N5O2S/c1-35-18(9-20(30)31)14-8-16(32-26(38)36-10-39-19-7-12(29)3-5-17(19)36)21-22(24(14)34-35)25(37)33-23(21)13-6-11(28)2-4-15(13)27/h2-8,20,23H,9-10H2,1H3,(H,32,38)(H,33,37). The molecular formula is C26H18ClF4N5O2S. The minimum Gasteiger partial charge on any atom is -0.341 e. The lowest BCUT2D eigenvalue weighted by Gasteiger charge is -2.21. The molecule has 0 aliphatic carbocycles. The molecular weight excluding hydrogens is 558 g/mol. The lowest BCUT2D eigenvalue weighted by atomic mass is 9.94. The first kappa shape index (κ1) is 25.5. The number of carbonyl (C=O) groups excluding carboxylic acids is 2. The normalized spacial score (nSPS) is 16.1. The van der Waals surface area contributed by atoms with Crippen LogP contribution in [0, 0.1) is 11.6 Å². The van der Waals surface area contributed by atoms with Crippen molar-refractivity contribution in [3.8, 4) is 0 Å². The molecule has 13 heteroatoms. The Kier molecular flexibility index (Phi) is 6.18. The quantitative estimate of drug-likeness (QED) is 0.282. The lowest BCUT2D eigenvalue weighted by molar-refractivity contribution is 0.0961. The number of fused-ring (bicyclic) bond motifs is 4. The van der Waals surface area contributed by atoms with E-state index in [0.29, 0.717) is 10.6 Å². The number of hydrogen-bond acceptors (Lipinski definition) is 4. The molecule has 3 aromatic carbocycles. The summed E-state index contributed by atoms with van der Waals surface area (Å²) in [5.74, 6) is -1.39. The van der Waals surface area contributed by atoms with Gasteiger partial charge < -0.3 is 10.6 Å². The van der Waals surface area contributed by atoms with Gasteiger partial charge >= 0.3 is 6.03 Å². The van der Waals surface area contributed by atoms with Crippen molar-refractivity contribution in [3.63, 3.8) is 0 Å². The predicted molar refractivity (Wildman–Crippen MR) is 140 cm³/mol. The van der Waals surface area contributed by atoms with Crippen LogP contribution in [0.3, 0.4) is 0 Å². The van der Waals surface area contributed by atoms with E-state index in [9.17, 15) is 27.2 Å². The molecule has 2 aliphatic heterocycles. The summed E-state index contributed by atoms with van der Waals surface area (Å²) in [5.41, 5.74) is 1.59. The molecule has 0 fully saturated rings. The molecule has 3 heterocycles. The summed E-state index contributed by atoms with van der Waals surface area (Å²) in [4.78, 5) is 28.8. The summed E-state index contributed by atoms with van der Waals surface area (Å²) in [6.07, 6.45) is -3.30. The van der Waals surface area contributed by atoms with Crippen LogP contribution < -0.4 is 15.5 Å². The molecule has 1 unspecified atom stereocenters. The first-order chi connectivity index (χ1) is 18.6. The van der Waals surface area contributed by atoms with Crippen molar-refractivity contribution >= 4 is 57.6 Å². The molecule has 0 spiro atoms. The zero-order valence-electron chi connectivity index (χ0n) is 20.1. The van der Waals surface area contributed by atoms with Crippen molar-refractivity contribution in [3.05, 3.63) is 81.5 Å². The van der Waals surface area contributed by atoms with E-state index in [1.54, 1.807) is 0 Å². The number of rotatable bonds is 4. The van der Waals surface area contributed by atoms with Crippen molar-refractivity contribution < 1.29 is 27.2 Å². The van der Waals surface area contributed by atoms with Crippen molar-refractivity contribution in [2.45, 2.75) is 23.8 Å². The van der Waals surface area contributed by atoms with E-state index in [1.807, 2.05) is 0 Å². The van der Waals surface area contributed by atoms with Gasteiger partial charge in [0.25, 0.3) is 5.91 Å². The van der Waals surface area contributed by atoms with Crippen molar-refractivity contribution in [1.82, 2.24) is 15.1 Å². The Morgan fingerprint density at radius 1 is 1.21 bits per heavy atom. The molecule has 0 bridgehead atoms. The fourth-order valence-corrected chi connectivity index (χ4v) is 6.32. The van der Waals surface area contributed by atoms with Crippen molar-refractivity contribution in [1.29, 1.82) is 0 Å². The number of anilines is 2. The van der Waals surface area contributed by atoms with Gasteiger partial charge in [0.2, 0.25) is 6.43 Å². The van der Waals surface area contributed by atoms with E-state index < -0.39 is 42.5 Å². The van der Waals surface area contributed by atoms with E-state index in [1.165, 1.54) is 70.9 Å². The molecule has 39 heavy (non-hydrogen) atoms. The lowest BCUT2D eigenvalue weighted by Crippen LogP contribution is -2.33. The van der Waals surface area contributed by atoms with E-state index in [0.717, 1.165) is 0 Å². The Labute approximate surface area is 228 Å². The molecule has 3 amide bonds. The third-order valence-electron chi connectivity index (χ3n) is 6.75. The number of amides is 3. The highest BCUT2D eigenvalue weighted by Gasteiger charge is 2.38. The van der Waals surface area contributed by atoms with Crippen LogP contribution in [0.15, 0.2) is 47.4 Å². The molecule has 7 nitrogen and oxygen atoms in total. The van der Waals surface area contributed by atoms with Gasteiger partial charge in [-0.15, -0.1) is 11.8 Å². The molecule has 2 N–H and O–H groups in total. The summed E-state index contributed by atoms with van der Waals surface area (Å²) in [5, 5.41) is 10.4.